The highest BCUT2D eigenvalue weighted by atomic mass is 19.3. The molecular formula is C14H16F2O4. The lowest BCUT2D eigenvalue weighted by molar-refractivity contribution is -0.119. The van der Waals surface area contributed by atoms with Gasteiger partial charge in [-0.2, -0.15) is 0 Å². The largest absolute Gasteiger partial charge is 0.493 e. The van der Waals surface area contributed by atoms with Crippen molar-refractivity contribution in [3.63, 3.8) is 0 Å². The molecule has 0 radical (unpaired) electrons. The summed E-state index contributed by atoms with van der Waals surface area (Å²) in [5, 5.41) is 0. The van der Waals surface area contributed by atoms with Gasteiger partial charge in [0.05, 0.1) is 26.4 Å². The van der Waals surface area contributed by atoms with Crippen molar-refractivity contribution in [2.75, 3.05) is 20.8 Å². The number of hydrogen-bond acceptors (Lipinski definition) is 4. The number of carbonyl (C=O) groups excluding carboxylic acids is 1. The maximum Gasteiger partial charge on any atom is 0.337 e. The Labute approximate surface area is 115 Å². The number of ether oxygens (including phenoxy) is 3. The Morgan fingerprint density at radius 3 is 2.55 bits per heavy atom. The highest BCUT2D eigenvalue weighted by Gasteiger charge is 2.45. The van der Waals surface area contributed by atoms with Crippen molar-refractivity contribution in [3.05, 3.63) is 23.8 Å². The Morgan fingerprint density at radius 1 is 1.30 bits per heavy atom. The summed E-state index contributed by atoms with van der Waals surface area (Å²) in [4.78, 5) is 11.4. The van der Waals surface area contributed by atoms with Crippen molar-refractivity contribution in [2.24, 2.45) is 5.92 Å². The first kappa shape index (κ1) is 14.6. The number of halogens is 2. The smallest absolute Gasteiger partial charge is 0.337 e. The third-order valence-electron chi connectivity index (χ3n) is 3.23. The third kappa shape index (κ3) is 3.18. The summed E-state index contributed by atoms with van der Waals surface area (Å²) in [5.41, 5.74) is 0.340. The minimum atomic E-state index is -2.55. The molecule has 0 heterocycles. The molecule has 2 rings (SSSR count). The van der Waals surface area contributed by atoms with Crippen molar-refractivity contribution >= 4 is 5.97 Å². The molecular weight excluding hydrogens is 270 g/mol. The Hall–Kier alpha value is -1.85. The zero-order valence-corrected chi connectivity index (χ0v) is 11.3. The van der Waals surface area contributed by atoms with Crippen LogP contribution >= 0.6 is 0 Å². The number of benzene rings is 1. The zero-order valence-electron chi connectivity index (χ0n) is 11.3. The number of rotatable bonds is 5. The number of hydrogen-bond donors (Lipinski definition) is 0. The van der Waals surface area contributed by atoms with E-state index in [-0.39, 0.29) is 25.4 Å². The number of carbonyl (C=O) groups is 1. The topological polar surface area (TPSA) is 44.8 Å². The summed E-state index contributed by atoms with van der Waals surface area (Å²) in [7, 11) is 2.73. The SMILES string of the molecule is COC(=O)c1ccc(OCC2CC(F)(F)C2)c(OC)c1. The van der Waals surface area contributed by atoms with Gasteiger partial charge < -0.3 is 14.2 Å². The van der Waals surface area contributed by atoms with E-state index in [1.807, 2.05) is 0 Å². The van der Waals surface area contributed by atoms with Crippen LogP contribution in [0.5, 0.6) is 11.5 Å². The van der Waals surface area contributed by atoms with Crippen molar-refractivity contribution in [1.29, 1.82) is 0 Å². The van der Waals surface area contributed by atoms with Crippen LogP contribution in [0.3, 0.4) is 0 Å². The monoisotopic (exact) mass is 286 g/mol. The summed E-state index contributed by atoms with van der Waals surface area (Å²) >= 11 is 0. The maximum absolute atomic E-state index is 12.7. The first-order chi connectivity index (χ1) is 9.45. The molecule has 4 nitrogen and oxygen atoms in total. The quantitative estimate of drug-likeness (QED) is 0.781. The molecule has 1 aliphatic rings. The van der Waals surface area contributed by atoms with Crippen LogP contribution in [0.2, 0.25) is 0 Å². The van der Waals surface area contributed by atoms with Crippen molar-refractivity contribution < 1.29 is 27.8 Å². The van der Waals surface area contributed by atoms with Gasteiger partial charge in [-0.25, -0.2) is 13.6 Å². The third-order valence-corrected chi connectivity index (χ3v) is 3.23. The standard InChI is InChI=1S/C14H16F2O4/c1-18-12-5-10(13(17)19-2)3-4-11(12)20-8-9-6-14(15,16)7-9/h3-5,9H,6-8H2,1-2H3. The van der Waals surface area contributed by atoms with Gasteiger partial charge in [0.1, 0.15) is 0 Å². The van der Waals surface area contributed by atoms with E-state index in [0.29, 0.717) is 17.1 Å². The molecule has 0 bridgehead atoms. The van der Waals surface area contributed by atoms with Crippen molar-refractivity contribution in [1.82, 2.24) is 0 Å². The molecule has 20 heavy (non-hydrogen) atoms. The molecule has 1 aromatic carbocycles. The van der Waals surface area contributed by atoms with E-state index in [4.69, 9.17) is 9.47 Å². The Bertz CT molecular complexity index is 494. The number of alkyl halides is 2. The summed E-state index contributed by atoms with van der Waals surface area (Å²) in [5.74, 6) is -2.37. The molecule has 1 aromatic rings. The van der Waals surface area contributed by atoms with Crippen LogP contribution in [0, 0.1) is 5.92 Å². The van der Waals surface area contributed by atoms with E-state index >= 15 is 0 Å². The second kappa shape index (κ2) is 5.64. The lowest BCUT2D eigenvalue weighted by atomic mass is 9.82. The fraction of sp³-hybridized carbons (Fsp3) is 0.500. The predicted octanol–water partition coefficient (Wildman–Crippen LogP) is 2.91. The molecule has 0 aliphatic heterocycles. The van der Waals surface area contributed by atoms with Gasteiger partial charge in [-0.3, -0.25) is 0 Å². The molecule has 6 heteroatoms. The lowest BCUT2D eigenvalue weighted by Crippen LogP contribution is -2.38. The second-order valence-corrected chi connectivity index (χ2v) is 4.80. The van der Waals surface area contributed by atoms with E-state index in [2.05, 4.69) is 4.74 Å². The van der Waals surface area contributed by atoms with Gasteiger partial charge in [0, 0.05) is 18.8 Å². The molecule has 0 aromatic heterocycles. The van der Waals surface area contributed by atoms with Crippen LogP contribution in [-0.4, -0.2) is 32.7 Å². The first-order valence-electron chi connectivity index (χ1n) is 6.22. The number of methoxy groups -OCH3 is 2. The zero-order chi connectivity index (χ0) is 14.8. The van der Waals surface area contributed by atoms with Gasteiger partial charge in [-0.1, -0.05) is 0 Å². The predicted molar refractivity (Wildman–Crippen MR) is 67.5 cm³/mol. The molecule has 0 atom stereocenters. The van der Waals surface area contributed by atoms with Gasteiger partial charge in [-0.05, 0) is 18.2 Å². The molecule has 0 saturated heterocycles. The summed E-state index contributed by atoms with van der Waals surface area (Å²) in [6, 6.07) is 4.61. The van der Waals surface area contributed by atoms with Crippen LogP contribution in [0.4, 0.5) is 8.78 Å². The number of esters is 1. The van der Waals surface area contributed by atoms with E-state index < -0.39 is 11.9 Å². The second-order valence-electron chi connectivity index (χ2n) is 4.80. The molecule has 0 unspecified atom stereocenters. The average molecular weight is 286 g/mol. The van der Waals surface area contributed by atoms with Crippen molar-refractivity contribution in [2.45, 2.75) is 18.8 Å². The fourth-order valence-corrected chi connectivity index (χ4v) is 2.14. The van der Waals surface area contributed by atoms with Gasteiger partial charge in [0.25, 0.3) is 0 Å². The van der Waals surface area contributed by atoms with Crippen LogP contribution in [0.15, 0.2) is 18.2 Å². The minimum absolute atomic E-state index is 0.143. The molecule has 0 spiro atoms. The maximum atomic E-state index is 12.7. The Kier molecular flexibility index (Phi) is 4.11. The lowest BCUT2D eigenvalue weighted by Gasteiger charge is -2.34. The van der Waals surface area contributed by atoms with E-state index in [1.54, 1.807) is 12.1 Å². The van der Waals surface area contributed by atoms with Crippen LogP contribution in [0.25, 0.3) is 0 Å². The molecule has 0 amide bonds. The van der Waals surface area contributed by atoms with Gasteiger partial charge >= 0.3 is 5.97 Å². The normalized spacial score (nSPS) is 17.2. The van der Waals surface area contributed by atoms with E-state index in [1.165, 1.54) is 20.3 Å². The van der Waals surface area contributed by atoms with Crippen LogP contribution in [-0.2, 0) is 4.74 Å². The van der Waals surface area contributed by atoms with Gasteiger partial charge in [0.15, 0.2) is 11.5 Å². The van der Waals surface area contributed by atoms with E-state index in [0.717, 1.165) is 0 Å². The fourth-order valence-electron chi connectivity index (χ4n) is 2.14. The molecule has 0 N–H and O–H groups in total. The first-order valence-corrected chi connectivity index (χ1v) is 6.22. The Balaban J connectivity index is 1.99. The minimum Gasteiger partial charge on any atom is -0.493 e. The molecule has 110 valence electrons. The van der Waals surface area contributed by atoms with E-state index in [9.17, 15) is 13.6 Å². The van der Waals surface area contributed by atoms with Crippen LogP contribution in [0.1, 0.15) is 23.2 Å². The average Bonchev–Trinajstić information content (AvgIpc) is 2.41. The van der Waals surface area contributed by atoms with Crippen LogP contribution < -0.4 is 9.47 Å². The molecule has 1 saturated carbocycles. The summed E-state index contributed by atoms with van der Waals surface area (Å²) < 4.78 is 40.6. The van der Waals surface area contributed by atoms with Gasteiger partial charge in [0.2, 0.25) is 5.92 Å². The van der Waals surface area contributed by atoms with Crippen molar-refractivity contribution in [3.8, 4) is 11.5 Å². The Morgan fingerprint density at radius 2 is 2.00 bits per heavy atom. The highest BCUT2D eigenvalue weighted by Crippen LogP contribution is 2.42. The summed E-state index contributed by atoms with van der Waals surface area (Å²) in [6.07, 6.45) is -0.287. The van der Waals surface area contributed by atoms with Gasteiger partial charge in [-0.15, -0.1) is 0 Å². The summed E-state index contributed by atoms with van der Waals surface area (Å²) in [6.45, 7) is 0.212. The molecule has 1 fully saturated rings. The molecule has 1 aliphatic carbocycles. The highest BCUT2D eigenvalue weighted by molar-refractivity contribution is 5.90.